The van der Waals surface area contributed by atoms with Gasteiger partial charge in [-0.25, -0.2) is 0 Å². The minimum absolute atomic E-state index is 0.632. The normalized spacial score (nSPS) is 17.1. The highest BCUT2D eigenvalue weighted by atomic mass is 35.5. The Bertz CT molecular complexity index is 766. The van der Waals surface area contributed by atoms with Crippen LogP contribution in [0.3, 0.4) is 0 Å². The van der Waals surface area contributed by atoms with Gasteiger partial charge in [-0.05, 0) is 43.0 Å². The summed E-state index contributed by atoms with van der Waals surface area (Å²) in [5, 5.41) is 0.855. The van der Waals surface area contributed by atoms with Gasteiger partial charge in [-0.1, -0.05) is 29.8 Å². The molecule has 1 saturated heterocycles. The molecule has 0 amide bonds. The van der Waals surface area contributed by atoms with E-state index >= 15 is 0 Å². The molecule has 144 valence electrons. The largest absolute Gasteiger partial charge is 0.486 e. The molecular formula is C21H25ClN2O2S. The third-order valence-corrected chi connectivity index (χ3v) is 6.57. The summed E-state index contributed by atoms with van der Waals surface area (Å²) in [6.07, 6.45) is 1.17. The average Bonchev–Trinajstić information content (AvgIpc) is 2.72. The molecule has 2 aliphatic heterocycles. The van der Waals surface area contributed by atoms with Gasteiger partial charge in [0.05, 0.1) is 10.7 Å². The molecule has 0 atom stereocenters. The zero-order valence-electron chi connectivity index (χ0n) is 15.4. The van der Waals surface area contributed by atoms with Crippen LogP contribution >= 0.6 is 23.4 Å². The number of rotatable bonds is 6. The monoisotopic (exact) mass is 404 g/mol. The molecular weight excluding hydrogens is 380 g/mol. The van der Waals surface area contributed by atoms with E-state index < -0.39 is 0 Å². The molecule has 2 aliphatic rings. The molecule has 0 aromatic heterocycles. The molecule has 6 heteroatoms. The van der Waals surface area contributed by atoms with Gasteiger partial charge >= 0.3 is 0 Å². The molecule has 4 rings (SSSR count). The second-order valence-corrected chi connectivity index (χ2v) is 8.31. The number of benzene rings is 2. The summed E-state index contributed by atoms with van der Waals surface area (Å²) in [6, 6.07) is 14.3. The SMILES string of the molecule is Clc1ccccc1SCCCN1CCN(c2cccc3c2OCCO3)CC1. The average molecular weight is 405 g/mol. The standard InChI is InChI=1S/C21H25ClN2O2S/c22-17-5-1-2-8-20(17)27-16-4-9-23-10-12-24(13-11-23)18-6-3-7-19-21(18)26-15-14-25-19/h1-3,5-8H,4,9-16H2. The van der Waals surface area contributed by atoms with Crippen LogP contribution in [0.1, 0.15) is 6.42 Å². The summed E-state index contributed by atoms with van der Waals surface area (Å²) in [4.78, 5) is 6.15. The number of hydrogen-bond acceptors (Lipinski definition) is 5. The number of thioether (sulfide) groups is 1. The van der Waals surface area contributed by atoms with Crippen molar-refractivity contribution in [2.45, 2.75) is 11.3 Å². The molecule has 4 nitrogen and oxygen atoms in total. The smallest absolute Gasteiger partial charge is 0.184 e. The van der Waals surface area contributed by atoms with Crippen molar-refractivity contribution in [2.75, 3.05) is 56.6 Å². The van der Waals surface area contributed by atoms with Gasteiger partial charge in [-0.3, -0.25) is 4.90 Å². The predicted molar refractivity (Wildman–Crippen MR) is 113 cm³/mol. The second-order valence-electron chi connectivity index (χ2n) is 6.76. The fourth-order valence-corrected chi connectivity index (χ4v) is 4.73. The summed E-state index contributed by atoms with van der Waals surface area (Å²) >= 11 is 8.07. The lowest BCUT2D eigenvalue weighted by Gasteiger charge is -2.37. The van der Waals surface area contributed by atoms with Gasteiger partial charge in [0.2, 0.25) is 0 Å². The Morgan fingerprint density at radius 2 is 1.74 bits per heavy atom. The third-order valence-electron chi connectivity index (χ3n) is 4.97. The van der Waals surface area contributed by atoms with Crippen molar-refractivity contribution in [3.8, 4) is 11.5 Å². The Morgan fingerprint density at radius 3 is 2.59 bits per heavy atom. The van der Waals surface area contributed by atoms with E-state index in [1.807, 2.05) is 36.0 Å². The molecule has 27 heavy (non-hydrogen) atoms. The van der Waals surface area contributed by atoms with Gasteiger partial charge in [-0.15, -0.1) is 11.8 Å². The molecule has 0 N–H and O–H groups in total. The van der Waals surface area contributed by atoms with Crippen LogP contribution in [0.4, 0.5) is 5.69 Å². The van der Waals surface area contributed by atoms with Crippen LogP contribution in [0.15, 0.2) is 47.4 Å². The Balaban J connectivity index is 1.23. The van der Waals surface area contributed by atoms with E-state index in [0.717, 1.165) is 55.0 Å². The van der Waals surface area contributed by atoms with E-state index in [1.165, 1.54) is 17.0 Å². The zero-order chi connectivity index (χ0) is 18.5. The van der Waals surface area contributed by atoms with Gasteiger partial charge in [-0.2, -0.15) is 0 Å². The fraction of sp³-hybridized carbons (Fsp3) is 0.429. The number of fused-ring (bicyclic) bond motifs is 1. The van der Waals surface area contributed by atoms with Crippen LogP contribution in [-0.2, 0) is 0 Å². The second kappa shape index (κ2) is 9.09. The molecule has 0 unspecified atom stereocenters. The summed E-state index contributed by atoms with van der Waals surface area (Å²) in [5.41, 5.74) is 1.17. The van der Waals surface area contributed by atoms with Crippen molar-refractivity contribution < 1.29 is 9.47 Å². The first kappa shape index (κ1) is 18.8. The minimum atomic E-state index is 0.632. The first-order valence-corrected chi connectivity index (χ1v) is 10.9. The van der Waals surface area contributed by atoms with Gasteiger partial charge in [0.25, 0.3) is 0 Å². The highest BCUT2D eigenvalue weighted by Crippen LogP contribution is 2.39. The summed E-state index contributed by atoms with van der Waals surface area (Å²) in [5.74, 6) is 2.88. The van der Waals surface area contributed by atoms with Crippen LogP contribution in [0, 0.1) is 0 Å². The molecule has 0 spiro atoms. The molecule has 0 saturated carbocycles. The Morgan fingerprint density at radius 1 is 0.926 bits per heavy atom. The Hall–Kier alpha value is -1.56. The number of hydrogen-bond donors (Lipinski definition) is 0. The van der Waals surface area contributed by atoms with E-state index in [1.54, 1.807) is 0 Å². The quantitative estimate of drug-likeness (QED) is 0.524. The molecule has 1 fully saturated rings. The van der Waals surface area contributed by atoms with E-state index in [2.05, 4.69) is 28.0 Å². The maximum atomic E-state index is 6.22. The number of para-hydroxylation sites is 1. The number of anilines is 1. The lowest BCUT2D eigenvalue weighted by atomic mass is 10.2. The maximum absolute atomic E-state index is 6.22. The topological polar surface area (TPSA) is 24.9 Å². The predicted octanol–water partition coefficient (Wildman–Crippen LogP) is 4.42. The van der Waals surface area contributed by atoms with Crippen LogP contribution in [-0.4, -0.2) is 56.6 Å². The first-order valence-electron chi connectivity index (χ1n) is 9.54. The van der Waals surface area contributed by atoms with Crippen molar-refractivity contribution in [1.29, 1.82) is 0 Å². The Kier molecular flexibility index (Phi) is 6.32. The van der Waals surface area contributed by atoms with Crippen molar-refractivity contribution in [3.63, 3.8) is 0 Å². The van der Waals surface area contributed by atoms with Gasteiger partial charge in [0.15, 0.2) is 11.5 Å². The third kappa shape index (κ3) is 4.65. The van der Waals surface area contributed by atoms with E-state index in [9.17, 15) is 0 Å². The molecule has 2 aromatic carbocycles. The van der Waals surface area contributed by atoms with Gasteiger partial charge < -0.3 is 14.4 Å². The summed E-state index contributed by atoms with van der Waals surface area (Å²) in [6.45, 7) is 6.62. The number of nitrogens with zero attached hydrogens (tertiary/aromatic N) is 2. The maximum Gasteiger partial charge on any atom is 0.184 e. The number of ether oxygens (including phenoxy) is 2. The zero-order valence-corrected chi connectivity index (χ0v) is 17.0. The molecule has 2 aromatic rings. The highest BCUT2D eigenvalue weighted by molar-refractivity contribution is 7.99. The molecule has 0 bridgehead atoms. The van der Waals surface area contributed by atoms with Crippen LogP contribution in [0.5, 0.6) is 11.5 Å². The summed E-state index contributed by atoms with van der Waals surface area (Å²) < 4.78 is 11.6. The van der Waals surface area contributed by atoms with E-state index in [0.29, 0.717) is 13.2 Å². The minimum Gasteiger partial charge on any atom is -0.486 e. The lowest BCUT2D eigenvalue weighted by Crippen LogP contribution is -2.46. The van der Waals surface area contributed by atoms with Crippen molar-refractivity contribution in [3.05, 3.63) is 47.5 Å². The first-order chi connectivity index (χ1) is 13.3. The Labute approximate surface area is 170 Å². The molecule has 0 aliphatic carbocycles. The van der Waals surface area contributed by atoms with Crippen LogP contribution in [0.25, 0.3) is 0 Å². The van der Waals surface area contributed by atoms with Crippen LogP contribution < -0.4 is 14.4 Å². The van der Waals surface area contributed by atoms with Crippen molar-refractivity contribution >= 4 is 29.1 Å². The molecule has 2 heterocycles. The van der Waals surface area contributed by atoms with Crippen molar-refractivity contribution in [1.82, 2.24) is 4.90 Å². The lowest BCUT2D eigenvalue weighted by molar-refractivity contribution is 0.171. The van der Waals surface area contributed by atoms with Gasteiger partial charge in [0.1, 0.15) is 13.2 Å². The number of halogens is 1. The van der Waals surface area contributed by atoms with E-state index in [4.69, 9.17) is 21.1 Å². The summed E-state index contributed by atoms with van der Waals surface area (Å²) in [7, 11) is 0. The van der Waals surface area contributed by atoms with Crippen molar-refractivity contribution in [2.24, 2.45) is 0 Å². The fourth-order valence-electron chi connectivity index (χ4n) is 3.55. The van der Waals surface area contributed by atoms with Gasteiger partial charge in [0, 0.05) is 31.1 Å². The van der Waals surface area contributed by atoms with E-state index in [-0.39, 0.29) is 0 Å². The van der Waals surface area contributed by atoms with Crippen LogP contribution in [0.2, 0.25) is 5.02 Å². The highest BCUT2D eigenvalue weighted by Gasteiger charge is 2.23. The number of piperazine rings is 1. The molecule has 0 radical (unpaired) electrons.